The normalized spacial score (nSPS) is 15.0. The van der Waals surface area contributed by atoms with Crippen LogP contribution in [-0.4, -0.2) is 31.1 Å². The molecule has 0 spiro atoms. The van der Waals surface area contributed by atoms with Gasteiger partial charge in [-0.3, -0.25) is 0 Å². The van der Waals surface area contributed by atoms with E-state index < -0.39 is 0 Å². The molecular weight excluding hydrogens is 329 g/mol. The summed E-state index contributed by atoms with van der Waals surface area (Å²) in [6.07, 6.45) is 2.45. The zero-order chi connectivity index (χ0) is 18.5. The van der Waals surface area contributed by atoms with Gasteiger partial charge in [0.15, 0.2) is 0 Å². The van der Waals surface area contributed by atoms with Gasteiger partial charge < -0.3 is 15.1 Å². The van der Waals surface area contributed by atoms with E-state index in [2.05, 4.69) is 29.3 Å². The maximum atomic E-state index is 13.3. The van der Waals surface area contributed by atoms with Crippen molar-refractivity contribution in [2.45, 2.75) is 26.3 Å². The molecule has 138 valence electrons. The van der Waals surface area contributed by atoms with Crippen LogP contribution in [0.1, 0.15) is 25.3 Å². The van der Waals surface area contributed by atoms with Gasteiger partial charge in [0.25, 0.3) is 0 Å². The van der Waals surface area contributed by atoms with E-state index in [0.29, 0.717) is 6.54 Å². The van der Waals surface area contributed by atoms with Crippen molar-refractivity contribution in [1.82, 2.24) is 4.90 Å². The number of anilines is 2. The second-order valence-corrected chi connectivity index (χ2v) is 7.13. The molecule has 1 fully saturated rings. The van der Waals surface area contributed by atoms with Crippen LogP contribution < -0.4 is 10.2 Å². The van der Waals surface area contributed by atoms with Gasteiger partial charge in [-0.05, 0) is 60.7 Å². The number of nitrogens with one attached hydrogen (secondary N) is 1. The number of hydrogen-bond acceptors (Lipinski definition) is 2. The molecule has 5 heteroatoms. The van der Waals surface area contributed by atoms with E-state index in [-0.39, 0.29) is 11.8 Å². The number of benzene rings is 2. The summed E-state index contributed by atoms with van der Waals surface area (Å²) in [6.45, 7) is 4.83. The predicted molar refractivity (Wildman–Crippen MR) is 104 cm³/mol. The molecule has 0 radical (unpaired) electrons. The highest BCUT2D eigenvalue weighted by Crippen LogP contribution is 2.24. The van der Waals surface area contributed by atoms with Gasteiger partial charge in [0.05, 0.1) is 0 Å². The highest BCUT2D eigenvalue weighted by molar-refractivity contribution is 5.89. The van der Waals surface area contributed by atoms with E-state index in [1.807, 2.05) is 12.1 Å². The summed E-state index contributed by atoms with van der Waals surface area (Å²) >= 11 is 0. The van der Waals surface area contributed by atoms with Crippen LogP contribution >= 0.6 is 0 Å². The van der Waals surface area contributed by atoms with Crippen LogP contribution in [0.5, 0.6) is 0 Å². The molecule has 26 heavy (non-hydrogen) atoms. The standard InChI is InChI=1S/C21H26FN3O/c1-16-10-12-25(13-11-16)20-8-6-19(7-9-20)23-21(26)24(2)15-17-4-3-5-18(22)14-17/h3-9,14,16H,10-13,15H2,1-2H3,(H,23,26). The van der Waals surface area contributed by atoms with E-state index in [1.165, 1.54) is 35.6 Å². The molecule has 2 aromatic rings. The van der Waals surface area contributed by atoms with Gasteiger partial charge in [-0.15, -0.1) is 0 Å². The maximum absolute atomic E-state index is 13.3. The number of hydrogen-bond donors (Lipinski definition) is 1. The summed E-state index contributed by atoms with van der Waals surface area (Å²) in [7, 11) is 1.70. The lowest BCUT2D eigenvalue weighted by Gasteiger charge is -2.32. The van der Waals surface area contributed by atoms with Crippen molar-refractivity contribution in [2.75, 3.05) is 30.4 Å². The number of piperidine rings is 1. The Hall–Kier alpha value is -2.56. The minimum atomic E-state index is -0.293. The molecule has 0 aromatic heterocycles. The predicted octanol–water partition coefficient (Wildman–Crippen LogP) is 4.73. The molecule has 2 aromatic carbocycles. The van der Waals surface area contributed by atoms with Crippen LogP contribution in [0.4, 0.5) is 20.6 Å². The number of halogens is 1. The van der Waals surface area contributed by atoms with Crippen LogP contribution in [0.15, 0.2) is 48.5 Å². The second kappa shape index (κ2) is 8.21. The third-order valence-electron chi connectivity index (χ3n) is 4.92. The molecule has 3 rings (SSSR count). The first-order valence-electron chi connectivity index (χ1n) is 9.13. The van der Waals surface area contributed by atoms with Crippen molar-refractivity contribution in [3.8, 4) is 0 Å². The number of carbonyl (C=O) groups is 1. The minimum absolute atomic E-state index is 0.214. The van der Waals surface area contributed by atoms with E-state index >= 15 is 0 Å². The SMILES string of the molecule is CC1CCN(c2ccc(NC(=O)N(C)Cc3cccc(F)c3)cc2)CC1. The van der Waals surface area contributed by atoms with Gasteiger partial charge in [-0.25, -0.2) is 9.18 Å². The third-order valence-corrected chi connectivity index (χ3v) is 4.92. The number of rotatable bonds is 4. The lowest BCUT2D eigenvalue weighted by molar-refractivity contribution is 0.220. The largest absolute Gasteiger partial charge is 0.372 e. The Morgan fingerprint density at radius 1 is 1.19 bits per heavy atom. The number of amides is 2. The molecule has 0 bridgehead atoms. The zero-order valence-electron chi connectivity index (χ0n) is 15.4. The van der Waals surface area contributed by atoms with Crippen molar-refractivity contribution >= 4 is 17.4 Å². The van der Waals surface area contributed by atoms with Crippen molar-refractivity contribution < 1.29 is 9.18 Å². The van der Waals surface area contributed by atoms with Crippen LogP contribution in [-0.2, 0) is 6.54 Å². The molecule has 1 aliphatic rings. The molecule has 0 aliphatic carbocycles. The Morgan fingerprint density at radius 3 is 2.54 bits per heavy atom. The first kappa shape index (κ1) is 18.2. The minimum Gasteiger partial charge on any atom is -0.372 e. The van der Waals surface area contributed by atoms with Crippen LogP contribution in [0.25, 0.3) is 0 Å². The molecule has 2 amide bonds. The fourth-order valence-electron chi connectivity index (χ4n) is 3.22. The Bertz CT molecular complexity index is 739. The summed E-state index contributed by atoms with van der Waals surface area (Å²) in [4.78, 5) is 16.3. The smallest absolute Gasteiger partial charge is 0.321 e. The van der Waals surface area contributed by atoms with Crippen molar-refractivity contribution in [3.63, 3.8) is 0 Å². The Kier molecular flexibility index (Phi) is 5.76. The molecule has 1 saturated heterocycles. The average Bonchev–Trinajstić information content (AvgIpc) is 2.63. The van der Waals surface area contributed by atoms with Crippen molar-refractivity contribution in [2.24, 2.45) is 5.92 Å². The Morgan fingerprint density at radius 2 is 1.88 bits per heavy atom. The van der Waals surface area contributed by atoms with E-state index in [9.17, 15) is 9.18 Å². The van der Waals surface area contributed by atoms with E-state index in [4.69, 9.17) is 0 Å². The molecular formula is C21H26FN3O. The Balaban J connectivity index is 1.55. The highest BCUT2D eigenvalue weighted by atomic mass is 19.1. The van der Waals surface area contributed by atoms with Crippen LogP contribution in [0.2, 0.25) is 0 Å². The lowest BCUT2D eigenvalue weighted by atomic mass is 9.99. The number of nitrogens with zero attached hydrogens (tertiary/aromatic N) is 2. The van der Waals surface area contributed by atoms with Crippen LogP contribution in [0, 0.1) is 11.7 Å². The van der Waals surface area contributed by atoms with Gasteiger partial charge in [0.1, 0.15) is 5.82 Å². The van der Waals surface area contributed by atoms with Gasteiger partial charge in [-0.2, -0.15) is 0 Å². The van der Waals surface area contributed by atoms with Crippen molar-refractivity contribution in [3.05, 3.63) is 59.9 Å². The highest BCUT2D eigenvalue weighted by Gasteiger charge is 2.16. The first-order valence-corrected chi connectivity index (χ1v) is 9.13. The Labute approximate surface area is 154 Å². The number of carbonyl (C=O) groups excluding carboxylic acids is 1. The van der Waals surface area contributed by atoms with E-state index in [0.717, 1.165) is 30.3 Å². The average molecular weight is 355 g/mol. The fourth-order valence-corrected chi connectivity index (χ4v) is 3.22. The summed E-state index contributed by atoms with van der Waals surface area (Å²) in [5, 5.41) is 2.89. The first-order chi connectivity index (χ1) is 12.5. The molecule has 1 heterocycles. The monoisotopic (exact) mass is 355 g/mol. The van der Waals surface area contributed by atoms with Crippen molar-refractivity contribution in [1.29, 1.82) is 0 Å². The van der Waals surface area contributed by atoms with Gasteiger partial charge >= 0.3 is 6.03 Å². The second-order valence-electron chi connectivity index (χ2n) is 7.13. The van der Waals surface area contributed by atoms with Gasteiger partial charge in [-0.1, -0.05) is 19.1 Å². The maximum Gasteiger partial charge on any atom is 0.321 e. The molecule has 0 atom stereocenters. The zero-order valence-corrected chi connectivity index (χ0v) is 15.4. The van der Waals surface area contributed by atoms with Gasteiger partial charge in [0, 0.05) is 38.1 Å². The van der Waals surface area contributed by atoms with Gasteiger partial charge in [0.2, 0.25) is 0 Å². The fraction of sp³-hybridized carbons (Fsp3) is 0.381. The van der Waals surface area contributed by atoms with Crippen LogP contribution in [0.3, 0.4) is 0 Å². The molecule has 1 N–H and O–H groups in total. The summed E-state index contributed by atoms with van der Waals surface area (Å²) in [6, 6.07) is 14.1. The summed E-state index contributed by atoms with van der Waals surface area (Å²) in [5.41, 5.74) is 2.72. The quantitative estimate of drug-likeness (QED) is 0.861. The topological polar surface area (TPSA) is 35.6 Å². The van der Waals surface area contributed by atoms with E-state index in [1.54, 1.807) is 19.2 Å². The third kappa shape index (κ3) is 4.75. The number of urea groups is 1. The summed E-state index contributed by atoms with van der Waals surface area (Å²) in [5.74, 6) is 0.512. The lowest BCUT2D eigenvalue weighted by Crippen LogP contribution is -2.32. The molecule has 0 saturated carbocycles. The molecule has 1 aliphatic heterocycles. The molecule has 4 nitrogen and oxygen atoms in total. The summed E-state index contributed by atoms with van der Waals surface area (Å²) < 4.78 is 13.3. The molecule has 0 unspecified atom stereocenters.